The Morgan fingerprint density at radius 3 is 2.33 bits per heavy atom. The molecule has 0 spiro atoms. The molecular formula is C10H9F3N2. The first-order valence-corrected chi connectivity index (χ1v) is 4.32. The molecule has 0 fully saturated rings. The Balaban J connectivity index is 2.76. The van der Waals surface area contributed by atoms with Crippen LogP contribution >= 0.6 is 0 Å². The maximum absolute atomic E-state index is 12.7. The van der Waals surface area contributed by atoms with Gasteiger partial charge >= 0.3 is 0 Å². The van der Waals surface area contributed by atoms with Gasteiger partial charge in [0.15, 0.2) is 17.5 Å². The van der Waals surface area contributed by atoms with E-state index in [-0.39, 0.29) is 18.2 Å². The van der Waals surface area contributed by atoms with Gasteiger partial charge in [-0.1, -0.05) is 0 Å². The van der Waals surface area contributed by atoms with Crippen molar-refractivity contribution in [3.8, 4) is 6.07 Å². The minimum absolute atomic E-state index is 0.119. The summed E-state index contributed by atoms with van der Waals surface area (Å²) >= 11 is 0. The van der Waals surface area contributed by atoms with Gasteiger partial charge in [0.1, 0.15) is 0 Å². The highest BCUT2D eigenvalue weighted by Crippen LogP contribution is 2.17. The van der Waals surface area contributed by atoms with E-state index in [1.165, 1.54) is 0 Å². The number of benzene rings is 1. The SMILES string of the molecule is CC(C#N)CNc1cc(F)c(F)c(F)c1. The molecule has 1 unspecified atom stereocenters. The Bertz CT molecular complexity index is 375. The van der Waals surface area contributed by atoms with Crippen LogP contribution in [0.15, 0.2) is 12.1 Å². The minimum Gasteiger partial charge on any atom is -0.384 e. The first-order chi connectivity index (χ1) is 7.04. The molecule has 0 saturated carbocycles. The van der Waals surface area contributed by atoms with Crippen LogP contribution < -0.4 is 5.32 Å². The van der Waals surface area contributed by atoms with Gasteiger partial charge in [-0.15, -0.1) is 0 Å². The third-order valence-electron chi connectivity index (χ3n) is 1.82. The number of hydrogen-bond donors (Lipinski definition) is 1. The zero-order valence-corrected chi connectivity index (χ0v) is 8.02. The summed E-state index contributed by atoms with van der Waals surface area (Å²) in [7, 11) is 0. The fourth-order valence-corrected chi connectivity index (χ4v) is 0.974. The van der Waals surface area contributed by atoms with Crippen LogP contribution in [-0.4, -0.2) is 6.54 Å². The van der Waals surface area contributed by atoms with Crippen molar-refractivity contribution >= 4 is 5.69 Å². The molecule has 0 bridgehead atoms. The molecule has 1 aromatic rings. The van der Waals surface area contributed by atoms with Crippen molar-refractivity contribution in [3.05, 3.63) is 29.6 Å². The summed E-state index contributed by atoms with van der Waals surface area (Å²) in [5, 5.41) is 11.1. The monoisotopic (exact) mass is 214 g/mol. The lowest BCUT2D eigenvalue weighted by molar-refractivity contribution is 0.447. The van der Waals surface area contributed by atoms with Gasteiger partial charge in [-0.3, -0.25) is 0 Å². The van der Waals surface area contributed by atoms with Gasteiger partial charge in [0.25, 0.3) is 0 Å². The van der Waals surface area contributed by atoms with Gasteiger partial charge in [-0.25, -0.2) is 13.2 Å². The van der Waals surface area contributed by atoms with Crippen molar-refractivity contribution < 1.29 is 13.2 Å². The van der Waals surface area contributed by atoms with E-state index in [2.05, 4.69) is 5.32 Å². The maximum Gasteiger partial charge on any atom is 0.194 e. The van der Waals surface area contributed by atoms with Crippen molar-refractivity contribution in [3.63, 3.8) is 0 Å². The summed E-state index contributed by atoms with van der Waals surface area (Å²) in [4.78, 5) is 0. The molecule has 15 heavy (non-hydrogen) atoms. The molecule has 0 heterocycles. The molecule has 1 rings (SSSR count). The molecule has 1 atom stereocenters. The molecule has 0 aliphatic heterocycles. The van der Waals surface area contributed by atoms with Crippen LogP contribution in [0, 0.1) is 34.7 Å². The van der Waals surface area contributed by atoms with Crippen LogP contribution in [0.1, 0.15) is 6.92 Å². The molecule has 0 aromatic heterocycles. The van der Waals surface area contributed by atoms with Crippen molar-refractivity contribution in [2.24, 2.45) is 5.92 Å². The highest BCUT2D eigenvalue weighted by molar-refractivity contribution is 5.44. The lowest BCUT2D eigenvalue weighted by Crippen LogP contribution is -2.10. The van der Waals surface area contributed by atoms with Gasteiger partial charge in [0.05, 0.1) is 12.0 Å². The van der Waals surface area contributed by atoms with Crippen molar-refractivity contribution in [2.75, 3.05) is 11.9 Å². The second-order valence-electron chi connectivity index (χ2n) is 3.16. The summed E-state index contributed by atoms with van der Waals surface area (Å²) in [5.41, 5.74) is 0.119. The van der Waals surface area contributed by atoms with E-state index in [1.54, 1.807) is 6.92 Å². The minimum atomic E-state index is -1.49. The predicted octanol–water partition coefficient (Wildman–Crippen LogP) is 2.68. The Morgan fingerprint density at radius 1 is 1.33 bits per heavy atom. The third-order valence-corrected chi connectivity index (χ3v) is 1.82. The van der Waals surface area contributed by atoms with E-state index in [4.69, 9.17) is 5.26 Å². The molecule has 2 nitrogen and oxygen atoms in total. The van der Waals surface area contributed by atoms with Gasteiger partial charge < -0.3 is 5.32 Å². The number of nitriles is 1. The molecule has 5 heteroatoms. The average molecular weight is 214 g/mol. The number of nitrogens with zero attached hydrogens (tertiary/aromatic N) is 1. The normalized spacial score (nSPS) is 11.9. The van der Waals surface area contributed by atoms with Crippen LogP contribution in [0.4, 0.5) is 18.9 Å². The molecule has 0 aliphatic rings. The highest BCUT2D eigenvalue weighted by Gasteiger charge is 2.10. The standard InChI is InChI=1S/C10H9F3N2/c1-6(4-14)5-15-7-2-8(11)10(13)9(12)3-7/h2-3,6,15H,5H2,1H3. The summed E-state index contributed by atoms with van der Waals surface area (Å²) in [6.45, 7) is 1.91. The van der Waals surface area contributed by atoms with E-state index >= 15 is 0 Å². The van der Waals surface area contributed by atoms with E-state index in [0.29, 0.717) is 0 Å². The lowest BCUT2D eigenvalue weighted by Gasteiger charge is -2.08. The number of anilines is 1. The fourth-order valence-electron chi connectivity index (χ4n) is 0.974. The van der Waals surface area contributed by atoms with Crippen LogP contribution in [0.5, 0.6) is 0 Å². The number of hydrogen-bond acceptors (Lipinski definition) is 2. The van der Waals surface area contributed by atoms with Crippen LogP contribution in [0.3, 0.4) is 0 Å². The van der Waals surface area contributed by atoms with Gasteiger partial charge in [0.2, 0.25) is 0 Å². The molecule has 1 aromatic carbocycles. The van der Waals surface area contributed by atoms with Crippen LogP contribution in [0.25, 0.3) is 0 Å². The number of nitrogens with one attached hydrogen (secondary N) is 1. The molecule has 0 radical (unpaired) electrons. The van der Waals surface area contributed by atoms with Crippen molar-refractivity contribution in [1.29, 1.82) is 5.26 Å². The van der Waals surface area contributed by atoms with E-state index < -0.39 is 17.5 Å². The quantitative estimate of drug-likeness (QED) is 0.785. The summed E-state index contributed by atoms with van der Waals surface area (Å²) in [5.74, 6) is -4.28. The Hall–Kier alpha value is -1.70. The van der Waals surface area contributed by atoms with E-state index in [9.17, 15) is 13.2 Å². The zero-order valence-electron chi connectivity index (χ0n) is 8.02. The van der Waals surface area contributed by atoms with Crippen molar-refractivity contribution in [2.45, 2.75) is 6.92 Å². The zero-order chi connectivity index (χ0) is 11.4. The van der Waals surface area contributed by atoms with Crippen LogP contribution in [0.2, 0.25) is 0 Å². The maximum atomic E-state index is 12.7. The van der Waals surface area contributed by atoms with E-state index in [1.807, 2.05) is 6.07 Å². The van der Waals surface area contributed by atoms with Crippen LogP contribution in [-0.2, 0) is 0 Å². The Kier molecular flexibility index (Phi) is 3.56. The third kappa shape index (κ3) is 2.88. The van der Waals surface area contributed by atoms with Crippen molar-refractivity contribution in [1.82, 2.24) is 0 Å². The average Bonchev–Trinajstić information content (AvgIpc) is 2.22. The predicted molar refractivity (Wildman–Crippen MR) is 49.6 cm³/mol. The first-order valence-electron chi connectivity index (χ1n) is 4.32. The second-order valence-corrected chi connectivity index (χ2v) is 3.16. The van der Waals surface area contributed by atoms with Gasteiger partial charge in [-0.05, 0) is 6.92 Å². The second kappa shape index (κ2) is 4.69. The summed E-state index contributed by atoms with van der Waals surface area (Å²) in [6, 6.07) is 3.65. The number of halogens is 3. The Morgan fingerprint density at radius 2 is 1.87 bits per heavy atom. The fraction of sp³-hybridized carbons (Fsp3) is 0.300. The molecule has 0 saturated heterocycles. The number of rotatable bonds is 3. The molecular weight excluding hydrogens is 205 g/mol. The van der Waals surface area contributed by atoms with Gasteiger partial charge in [0, 0.05) is 24.4 Å². The van der Waals surface area contributed by atoms with Gasteiger partial charge in [-0.2, -0.15) is 5.26 Å². The summed E-state index contributed by atoms with van der Waals surface area (Å²) in [6.07, 6.45) is 0. The first kappa shape index (κ1) is 11.4. The smallest absolute Gasteiger partial charge is 0.194 e. The highest BCUT2D eigenvalue weighted by atomic mass is 19.2. The lowest BCUT2D eigenvalue weighted by atomic mass is 10.2. The molecule has 0 amide bonds. The summed E-state index contributed by atoms with van der Waals surface area (Å²) < 4.78 is 38.0. The molecule has 80 valence electrons. The topological polar surface area (TPSA) is 35.8 Å². The molecule has 1 N–H and O–H groups in total. The van der Waals surface area contributed by atoms with E-state index in [0.717, 1.165) is 12.1 Å². The Labute approximate surface area is 85.3 Å². The molecule has 0 aliphatic carbocycles. The largest absolute Gasteiger partial charge is 0.384 e.